The Morgan fingerprint density at radius 1 is 1.44 bits per heavy atom. The number of aromatic nitrogens is 1. The minimum atomic E-state index is 0.570. The monoisotopic (exact) mass is 238 g/mol. The van der Waals surface area contributed by atoms with Gasteiger partial charge in [-0.1, -0.05) is 37.8 Å². The lowest BCUT2D eigenvalue weighted by Gasteiger charge is -2.32. The van der Waals surface area contributed by atoms with Gasteiger partial charge in [-0.3, -0.25) is 0 Å². The zero-order valence-corrected chi connectivity index (χ0v) is 10.5. The Kier molecular flexibility index (Phi) is 4.05. The van der Waals surface area contributed by atoms with E-state index in [1.165, 1.54) is 32.1 Å². The molecule has 1 aliphatic rings. The zero-order valence-electron chi connectivity index (χ0n) is 9.75. The van der Waals surface area contributed by atoms with Crippen LogP contribution in [0.3, 0.4) is 0 Å². The van der Waals surface area contributed by atoms with Gasteiger partial charge in [-0.2, -0.15) is 0 Å². The third-order valence-corrected chi connectivity index (χ3v) is 3.83. The summed E-state index contributed by atoms with van der Waals surface area (Å²) in [6, 6.07) is 4.51. The van der Waals surface area contributed by atoms with Crippen LogP contribution in [0.5, 0.6) is 0 Å². The van der Waals surface area contributed by atoms with Crippen LogP contribution in [0.2, 0.25) is 5.15 Å². The molecule has 1 fully saturated rings. The van der Waals surface area contributed by atoms with Crippen LogP contribution in [0.25, 0.3) is 0 Å². The Bertz CT molecular complexity index is 340. The Balaban J connectivity index is 2.05. The van der Waals surface area contributed by atoms with E-state index in [0.29, 0.717) is 11.2 Å². The third-order valence-electron chi connectivity index (χ3n) is 3.53. The molecular weight excluding hydrogens is 220 g/mol. The van der Waals surface area contributed by atoms with Gasteiger partial charge in [-0.15, -0.1) is 0 Å². The molecule has 16 heavy (non-hydrogen) atoms. The molecule has 88 valence electrons. The maximum Gasteiger partial charge on any atom is 0.152 e. The highest BCUT2D eigenvalue weighted by Crippen LogP contribution is 2.30. The van der Waals surface area contributed by atoms with Gasteiger partial charge in [-0.25, -0.2) is 4.98 Å². The second-order valence-corrected chi connectivity index (χ2v) is 4.90. The van der Waals surface area contributed by atoms with Crippen LogP contribution in [0.4, 0.5) is 5.69 Å². The second kappa shape index (κ2) is 5.53. The molecule has 0 spiro atoms. The highest BCUT2D eigenvalue weighted by atomic mass is 35.5. The number of nitrogens with zero attached hydrogens (tertiary/aromatic N) is 1. The molecule has 2 atom stereocenters. The molecule has 3 heteroatoms. The van der Waals surface area contributed by atoms with Gasteiger partial charge >= 0.3 is 0 Å². The predicted molar refractivity (Wildman–Crippen MR) is 68.9 cm³/mol. The van der Waals surface area contributed by atoms with Crippen molar-refractivity contribution in [2.45, 2.75) is 45.1 Å². The first kappa shape index (κ1) is 11.7. The first-order valence-electron chi connectivity index (χ1n) is 6.18. The second-order valence-electron chi connectivity index (χ2n) is 4.55. The van der Waals surface area contributed by atoms with Crippen molar-refractivity contribution in [3.8, 4) is 0 Å². The van der Waals surface area contributed by atoms with Crippen molar-refractivity contribution in [1.29, 1.82) is 0 Å². The van der Waals surface area contributed by atoms with Gasteiger partial charge < -0.3 is 5.32 Å². The Labute approximate surface area is 102 Å². The van der Waals surface area contributed by atoms with Crippen molar-refractivity contribution in [2.24, 2.45) is 5.92 Å². The molecule has 1 saturated carbocycles. The van der Waals surface area contributed by atoms with E-state index in [1.807, 2.05) is 12.1 Å². The van der Waals surface area contributed by atoms with E-state index in [-0.39, 0.29) is 0 Å². The molecule has 0 radical (unpaired) electrons. The van der Waals surface area contributed by atoms with Crippen LogP contribution >= 0.6 is 11.6 Å². The van der Waals surface area contributed by atoms with Gasteiger partial charge in [0.05, 0.1) is 5.69 Å². The molecule has 2 rings (SSSR count). The topological polar surface area (TPSA) is 24.9 Å². The molecule has 2 unspecified atom stereocenters. The first-order chi connectivity index (χ1) is 7.81. The summed E-state index contributed by atoms with van der Waals surface area (Å²) in [6.45, 7) is 2.27. The van der Waals surface area contributed by atoms with E-state index < -0.39 is 0 Å². The first-order valence-corrected chi connectivity index (χ1v) is 6.56. The van der Waals surface area contributed by atoms with Gasteiger partial charge in [0.25, 0.3) is 0 Å². The zero-order chi connectivity index (χ0) is 11.4. The van der Waals surface area contributed by atoms with Crippen LogP contribution in [0, 0.1) is 5.92 Å². The molecule has 1 heterocycles. The number of hydrogen-bond acceptors (Lipinski definition) is 2. The fourth-order valence-corrected chi connectivity index (χ4v) is 2.75. The molecule has 1 aliphatic carbocycles. The average molecular weight is 239 g/mol. The predicted octanol–water partition coefficient (Wildman–Crippen LogP) is 4.12. The highest BCUT2D eigenvalue weighted by molar-refractivity contribution is 6.31. The summed E-state index contributed by atoms with van der Waals surface area (Å²) in [5, 5.41) is 4.14. The molecule has 0 saturated heterocycles. The van der Waals surface area contributed by atoms with Gasteiger partial charge in [0.1, 0.15) is 0 Å². The van der Waals surface area contributed by atoms with E-state index in [9.17, 15) is 0 Å². The largest absolute Gasteiger partial charge is 0.380 e. The summed E-state index contributed by atoms with van der Waals surface area (Å²) in [5.41, 5.74) is 0.981. The maximum absolute atomic E-state index is 6.06. The summed E-state index contributed by atoms with van der Waals surface area (Å²) >= 11 is 6.06. The van der Waals surface area contributed by atoms with Crippen LogP contribution < -0.4 is 5.32 Å². The summed E-state index contributed by atoms with van der Waals surface area (Å²) < 4.78 is 0. The SMILES string of the molecule is CCC1CCCCC1Nc1cccnc1Cl. The normalized spacial score (nSPS) is 25.4. The summed E-state index contributed by atoms with van der Waals surface area (Å²) in [6.07, 6.45) is 8.26. The minimum absolute atomic E-state index is 0.570. The van der Waals surface area contributed by atoms with Crippen LogP contribution in [-0.4, -0.2) is 11.0 Å². The molecule has 0 bridgehead atoms. The lowest BCUT2D eigenvalue weighted by Crippen LogP contribution is -2.31. The Hall–Kier alpha value is -0.760. The van der Waals surface area contributed by atoms with E-state index in [0.717, 1.165) is 11.6 Å². The molecular formula is C13H19ClN2. The van der Waals surface area contributed by atoms with E-state index in [4.69, 9.17) is 11.6 Å². The Morgan fingerprint density at radius 3 is 3.00 bits per heavy atom. The number of nitrogens with one attached hydrogen (secondary N) is 1. The molecule has 0 aliphatic heterocycles. The van der Waals surface area contributed by atoms with Crippen molar-refractivity contribution in [3.05, 3.63) is 23.5 Å². The number of halogens is 1. The van der Waals surface area contributed by atoms with Gasteiger partial charge in [0.2, 0.25) is 0 Å². The summed E-state index contributed by atoms with van der Waals surface area (Å²) in [7, 11) is 0. The highest BCUT2D eigenvalue weighted by Gasteiger charge is 2.23. The molecule has 0 amide bonds. The van der Waals surface area contributed by atoms with Crippen LogP contribution in [0.1, 0.15) is 39.0 Å². The molecule has 0 aromatic carbocycles. The van der Waals surface area contributed by atoms with E-state index in [2.05, 4.69) is 17.2 Å². The molecule has 1 N–H and O–H groups in total. The minimum Gasteiger partial charge on any atom is -0.380 e. The average Bonchev–Trinajstić information content (AvgIpc) is 2.33. The van der Waals surface area contributed by atoms with Crippen LogP contribution in [0.15, 0.2) is 18.3 Å². The van der Waals surface area contributed by atoms with E-state index >= 15 is 0 Å². The molecule has 1 aromatic rings. The van der Waals surface area contributed by atoms with E-state index in [1.54, 1.807) is 6.20 Å². The number of rotatable bonds is 3. The lowest BCUT2D eigenvalue weighted by atomic mass is 9.83. The smallest absolute Gasteiger partial charge is 0.152 e. The van der Waals surface area contributed by atoms with Crippen LogP contribution in [-0.2, 0) is 0 Å². The summed E-state index contributed by atoms with van der Waals surface area (Å²) in [4.78, 5) is 4.10. The fourth-order valence-electron chi connectivity index (χ4n) is 2.58. The van der Waals surface area contributed by atoms with Crippen molar-refractivity contribution in [3.63, 3.8) is 0 Å². The van der Waals surface area contributed by atoms with Crippen molar-refractivity contribution < 1.29 is 0 Å². The number of anilines is 1. The standard InChI is InChI=1S/C13H19ClN2/c1-2-10-6-3-4-7-11(10)16-12-8-5-9-15-13(12)14/h5,8-11,16H,2-4,6-7H2,1H3. The molecule has 2 nitrogen and oxygen atoms in total. The third kappa shape index (κ3) is 2.67. The van der Waals surface area contributed by atoms with Gasteiger partial charge in [0, 0.05) is 12.2 Å². The quantitative estimate of drug-likeness (QED) is 0.802. The van der Waals surface area contributed by atoms with Crippen molar-refractivity contribution in [1.82, 2.24) is 4.98 Å². The fraction of sp³-hybridized carbons (Fsp3) is 0.615. The molecule has 1 aromatic heterocycles. The van der Waals surface area contributed by atoms with Gasteiger partial charge in [0.15, 0.2) is 5.15 Å². The van der Waals surface area contributed by atoms with Crippen molar-refractivity contribution >= 4 is 17.3 Å². The van der Waals surface area contributed by atoms with Gasteiger partial charge in [-0.05, 0) is 30.9 Å². The van der Waals surface area contributed by atoms with Crippen molar-refractivity contribution in [2.75, 3.05) is 5.32 Å². The number of hydrogen-bond donors (Lipinski definition) is 1. The maximum atomic E-state index is 6.06. The lowest BCUT2D eigenvalue weighted by molar-refractivity contribution is 0.317. The number of pyridine rings is 1. The summed E-state index contributed by atoms with van der Waals surface area (Å²) in [5.74, 6) is 0.782. The Morgan fingerprint density at radius 2 is 2.25 bits per heavy atom.